The fourth-order valence-corrected chi connectivity index (χ4v) is 5.78. The minimum Gasteiger partial charge on any atom is -1.00 e. The highest BCUT2D eigenvalue weighted by atomic mass is 79.9. The van der Waals surface area contributed by atoms with Gasteiger partial charge in [0, 0.05) is 0 Å². The van der Waals surface area contributed by atoms with Gasteiger partial charge in [-0.2, -0.15) is 0 Å². The van der Waals surface area contributed by atoms with Crippen LogP contribution in [0.4, 0.5) is 0 Å². The highest BCUT2D eigenvalue weighted by Crippen LogP contribution is 2.15. The van der Waals surface area contributed by atoms with E-state index in [2.05, 4.69) is 55.9 Å². The minimum absolute atomic E-state index is 0. The maximum Gasteiger partial charge on any atom is 0.0782 e. The number of hydrogen-bond donors (Lipinski definition) is 0. The highest BCUT2D eigenvalue weighted by molar-refractivity contribution is 4.51. The molecule has 7 heteroatoms. The van der Waals surface area contributed by atoms with Gasteiger partial charge in [0.1, 0.15) is 0 Å². The van der Waals surface area contributed by atoms with Gasteiger partial charge in [-0.05, 0) is 39.5 Å². The van der Waals surface area contributed by atoms with E-state index in [0.717, 1.165) is 0 Å². The smallest absolute Gasteiger partial charge is 0.0782 e. The van der Waals surface area contributed by atoms with E-state index in [1.165, 1.54) is 215 Å². The van der Waals surface area contributed by atoms with E-state index in [4.69, 9.17) is 15.3 Å². The third kappa shape index (κ3) is 55.3. The molecule has 0 heterocycles. The van der Waals surface area contributed by atoms with Crippen molar-refractivity contribution >= 4 is 0 Å². The Kier molecular flexibility index (Phi) is 47.5. The number of hydrogen-bond acceptors (Lipinski definition) is 3. The quantitative estimate of drug-likeness (QED) is 0.0299. The molecule has 0 N–H and O–H groups in total. The van der Waals surface area contributed by atoms with Crippen LogP contribution in [0, 0.1) is 15.3 Å². The lowest BCUT2D eigenvalue weighted by Crippen LogP contribution is -3.00. The van der Waals surface area contributed by atoms with E-state index in [0.29, 0.717) is 0 Å². The Morgan fingerprint density at radius 3 is 0.660 bits per heavy atom. The second-order valence-corrected chi connectivity index (χ2v) is 15.4. The first-order valence-electron chi connectivity index (χ1n) is 20.4. The van der Waals surface area contributed by atoms with Crippen molar-refractivity contribution in [1.82, 2.24) is 0 Å². The number of unbranched alkanes of at least 4 members (excludes halogenated alkanes) is 26. The van der Waals surface area contributed by atoms with E-state index >= 15 is 0 Å². The predicted molar refractivity (Wildman–Crippen MR) is 206 cm³/mol. The lowest BCUT2D eigenvalue weighted by molar-refractivity contribution is -0.888. The van der Waals surface area contributed by atoms with Gasteiger partial charge in [0.15, 0.2) is 0 Å². The van der Waals surface area contributed by atoms with Gasteiger partial charge in [0.05, 0.1) is 59.5 Å². The van der Waals surface area contributed by atoms with Gasteiger partial charge < -0.3 is 41.3 Å². The molecule has 0 fully saturated rings. The molecule has 6 nitrogen and oxygen atoms in total. The van der Waals surface area contributed by atoms with Crippen molar-refractivity contribution in [2.24, 2.45) is 0 Å². The summed E-state index contributed by atoms with van der Waals surface area (Å²) in [5, 5.41) is 14.8. The molecule has 0 saturated heterocycles. The minimum atomic E-state index is -1.75. The van der Waals surface area contributed by atoms with Crippen molar-refractivity contribution in [1.29, 1.82) is 0 Å². The summed E-state index contributed by atoms with van der Waals surface area (Å²) in [6, 6.07) is 0. The Balaban J connectivity index is -0.000000346. The van der Waals surface area contributed by atoms with Crippen LogP contribution < -0.4 is 17.0 Å². The van der Waals surface area contributed by atoms with Crippen molar-refractivity contribution in [3.63, 3.8) is 0 Å². The molecular weight excluding hydrogens is 650 g/mol. The van der Waals surface area contributed by atoms with Gasteiger partial charge in [0.2, 0.25) is 0 Å². The van der Waals surface area contributed by atoms with Crippen molar-refractivity contribution in [2.45, 2.75) is 207 Å². The monoisotopic (exact) mass is 738 g/mol. The topological polar surface area (TPSA) is 66.2 Å². The van der Waals surface area contributed by atoms with Crippen molar-refractivity contribution in [3.8, 4) is 0 Å². The highest BCUT2D eigenvalue weighted by Gasteiger charge is 2.10. The van der Waals surface area contributed by atoms with Crippen molar-refractivity contribution in [3.05, 3.63) is 15.3 Å². The molecule has 47 heavy (non-hydrogen) atoms. The first kappa shape index (κ1) is 53.4. The molecule has 0 aromatic heterocycles. The van der Waals surface area contributed by atoms with Gasteiger partial charge in [-0.3, -0.25) is 0 Å². The molecule has 288 valence electrons. The summed E-state index contributed by atoms with van der Waals surface area (Å²) in [4.78, 5) is 8.25. The fraction of sp³-hybridized carbons (Fsp3) is 1.00. The summed E-state index contributed by atoms with van der Waals surface area (Å²) in [6.07, 6.45) is 40.8. The maximum absolute atomic E-state index is 8.25. The summed E-state index contributed by atoms with van der Waals surface area (Å²) in [6.45, 7) is 14.4. The molecule has 0 aliphatic heterocycles. The van der Waals surface area contributed by atoms with Gasteiger partial charge in [-0.15, -0.1) is 0 Å². The summed E-state index contributed by atoms with van der Waals surface area (Å²) >= 11 is 0. The van der Waals surface area contributed by atoms with E-state index in [1.807, 2.05) is 0 Å². The molecule has 0 aromatic rings. The first-order valence-corrected chi connectivity index (χ1v) is 20.4. The number of quaternary nitrogens is 2. The Morgan fingerprint density at radius 2 is 0.511 bits per heavy atom. The van der Waals surface area contributed by atoms with Crippen LogP contribution in [0.5, 0.6) is 0 Å². The van der Waals surface area contributed by atoms with Gasteiger partial charge >= 0.3 is 0 Å². The molecule has 0 aliphatic carbocycles. The second kappa shape index (κ2) is 41.8. The van der Waals surface area contributed by atoms with E-state index in [-0.39, 0.29) is 17.0 Å². The molecule has 0 bridgehead atoms. The Morgan fingerprint density at radius 1 is 0.362 bits per heavy atom. The number of rotatable bonds is 32. The Bertz CT molecular complexity index is 543. The van der Waals surface area contributed by atoms with Crippen molar-refractivity contribution in [2.75, 3.05) is 54.4 Å². The molecule has 0 aliphatic rings. The lowest BCUT2D eigenvalue weighted by Gasteiger charge is -2.28. The molecule has 0 rings (SSSR count). The molecule has 0 amide bonds. The third-order valence-electron chi connectivity index (χ3n) is 9.95. The molecule has 0 aromatic carbocycles. The van der Waals surface area contributed by atoms with Crippen LogP contribution in [-0.4, -0.2) is 68.4 Å². The zero-order chi connectivity index (χ0) is 35.2. The lowest BCUT2D eigenvalue weighted by atomic mass is 10.0. The molecule has 0 unspecified atom stereocenters. The van der Waals surface area contributed by atoms with Crippen LogP contribution in [-0.2, 0) is 0 Å². The van der Waals surface area contributed by atoms with E-state index in [1.54, 1.807) is 0 Å². The average molecular weight is 739 g/mol. The largest absolute Gasteiger partial charge is 1.00 e. The summed E-state index contributed by atoms with van der Waals surface area (Å²) < 4.78 is 2.39. The van der Waals surface area contributed by atoms with Gasteiger partial charge in [-0.1, -0.05) is 168 Å². The van der Waals surface area contributed by atoms with Crippen molar-refractivity contribution < 1.29 is 31.0 Å². The van der Waals surface area contributed by atoms with E-state index < -0.39 is 5.09 Å². The Hall–Kier alpha value is -0.400. The second-order valence-electron chi connectivity index (χ2n) is 15.4. The molecular formula is C40H88BrN3O3. The van der Waals surface area contributed by atoms with Crippen LogP contribution >= 0.6 is 0 Å². The van der Waals surface area contributed by atoms with Crippen LogP contribution in [0.15, 0.2) is 0 Å². The summed E-state index contributed by atoms with van der Waals surface area (Å²) in [5.74, 6) is 0. The third-order valence-corrected chi connectivity index (χ3v) is 9.95. The van der Waals surface area contributed by atoms with Gasteiger partial charge in [-0.25, -0.2) is 0 Å². The summed E-state index contributed by atoms with van der Waals surface area (Å²) in [7, 11) is 9.40. The zero-order valence-corrected chi connectivity index (χ0v) is 35.2. The number of nitrogens with zero attached hydrogens (tertiary/aromatic N) is 3. The van der Waals surface area contributed by atoms with Crippen LogP contribution in [0.25, 0.3) is 0 Å². The normalized spacial score (nSPS) is 11.2. The predicted octanol–water partition coefficient (Wildman–Crippen LogP) is 9.89. The first-order chi connectivity index (χ1) is 22.0. The molecule has 0 radical (unpaired) electrons. The maximum atomic E-state index is 8.25. The molecule has 0 saturated carbocycles. The SMILES string of the molecule is CCCCCCCCCCCCCCCC[N+](C)(C)CC.CCCCCCCCCCCCCCCC[N+](C)(C)CC.O=[N+]([O-])[O-].[Br-]. The molecule has 0 atom stereocenters. The van der Waals surface area contributed by atoms with Crippen LogP contribution in [0.1, 0.15) is 207 Å². The van der Waals surface area contributed by atoms with Crippen LogP contribution in [0.3, 0.4) is 0 Å². The fourth-order valence-electron chi connectivity index (χ4n) is 5.78. The van der Waals surface area contributed by atoms with Crippen LogP contribution in [0.2, 0.25) is 0 Å². The van der Waals surface area contributed by atoms with E-state index in [9.17, 15) is 0 Å². The summed E-state index contributed by atoms with van der Waals surface area (Å²) in [5.41, 5.74) is 0. The average Bonchev–Trinajstić information content (AvgIpc) is 3.01. The standard InChI is InChI=1S/2C20H44N.BrH.NO3/c2*1-5-7-8-9-10-11-12-13-14-15-16-17-18-19-20-21(3,4)6-2;;2-1(3)4/h2*5-20H2,1-4H3;1H;/q2*+1;;-1/p-1. The Labute approximate surface area is 307 Å². The molecule has 0 spiro atoms. The van der Waals surface area contributed by atoms with Gasteiger partial charge in [0.25, 0.3) is 0 Å². The number of halogens is 1. The zero-order valence-electron chi connectivity index (χ0n) is 33.6.